The molecule has 0 saturated carbocycles. The van der Waals surface area contributed by atoms with Crippen LogP contribution >= 0.6 is 0 Å². The van der Waals surface area contributed by atoms with Crippen LogP contribution in [0.3, 0.4) is 0 Å². The Morgan fingerprint density at radius 1 is 1.03 bits per heavy atom. The molecule has 6 rings (SSSR count). The predicted molar refractivity (Wildman–Crippen MR) is 141 cm³/mol. The van der Waals surface area contributed by atoms with E-state index in [0.717, 1.165) is 49.6 Å². The van der Waals surface area contributed by atoms with E-state index in [-0.39, 0.29) is 18.5 Å². The molecule has 190 valence electrons. The van der Waals surface area contributed by atoms with Crippen LogP contribution in [0.25, 0.3) is 11.2 Å². The lowest BCUT2D eigenvalue weighted by atomic mass is 9.96. The molecule has 0 bridgehead atoms. The van der Waals surface area contributed by atoms with Gasteiger partial charge in [0, 0.05) is 56.8 Å². The Morgan fingerprint density at radius 2 is 1.95 bits per heavy atom. The summed E-state index contributed by atoms with van der Waals surface area (Å²) in [4.78, 5) is 37.4. The van der Waals surface area contributed by atoms with Crippen molar-refractivity contribution in [3.63, 3.8) is 0 Å². The molecule has 10 heteroatoms. The topological polar surface area (TPSA) is 92.5 Å². The summed E-state index contributed by atoms with van der Waals surface area (Å²) in [6.07, 6.45) is 6.13. The second kappa shape index (κ2) is 9.68. The van der Waals surface area contributed by atoms with Crippen molar-refractivity contribution >= 4 is 28.6 Å². The summed E-state index contributed by atoms with van der Waals surface area (Å²) in [5.41, 5.74) is 5.49. The molecule has 0 unspecified atom stereocenters. The third-order valence-electron chi connectivity index (χ3n) is 7.34. The number of carbonyl (C=O) groups excluding carboxylic acids is 1. The summed E-state index contributed by atoms with van der Waals surface area (Å²) in [6.45, 7) is 6.30. The average molecular weight is 499 g/mol. The van der Waals surface area contributed by atoms with Gasteiger partial charge in [-0.2, -0.15) is 4.98 Å². The molecule has 1 amide bonds. The molecule has 37 heavy (non-hydrogen) atoms. The fourth-order valence-electron chi connectivity index (χ4n) is 5.46. The van der Waals surface area contributed by atoms with Crippen molar-refractivity contribution in [3.8, 4) is 6.01 Å². The first kappa shape index (κ1) is 23.2. The lowest BCUT2D eigenvalue weighted by Gasteiger charge is -2.42. The molecule has 3 aromatic heterocycles. The van der Waals surface area contributed by atoms with Gasteiger partial charge in [-0.15, -0.1) is 0 Å². The molecule has 0 spiro atoms. The molecule has 0 N–H and O–H groups in total. The summed E-state index contributed by atoms with van der Waals surface area (Å²) >= 11 is 0. The van der Waals surface area contributed by atoms with E-state index in [1.54, 1.807) is 25.8 Å². The minimum absolute atomic E-state index is 0.0886. The Labute approximate surface area is 215 Å². The van der Waals surface area contributed by atoms with Gasteiger partial charge in [-0.3, -0.25) is 4.79 Å². The van der Waals surface area contributed by atoms with Crippen LogP contribution in [0.2, 0.25) is 0 Å². The first-order valence-corrected chi connectivity index (χ1v) is 12.6. The lowest BCUT2D eigenvalue weighted by Crippen LogP contribution is -2.55. The number of benzene rings is 1. The zero-order chi connectivity index (χ0) is 25.4. The van der Waals surface area contributed by atoms with Gasteiger partial charge < -0.3 is 24.0 Å². The van der Waals surface area contributed by atoms with Gasteiger partial charge in [0.05, 0.1) is 13.4 Å². The molecular formula is C27H30N8O2. The molecule has 2 aliphatic heterocycles. The monoisotopic (exact) mass is 498 g/mol. The number of fused-ring (bicyclic) bond motifs is 2. The molecule has 2 aliphatic rings. The van der Waals surface area contributed by atoms with Crippen LogP contribution in [0.5, 0.6) is 6.01 Å². The smallest absolute Gasteiger partial charge is 0.318 e. The van der Waals surface area contributed by atoms with E-state index < -0.39 is 0 Å². The minimum atomic E-state index is 0.0886. The van der Waals surface area contributed by atoms with Gasteiger partial charge in [-0.1, -0.05) is 12.1 Å². The number of aromatic nitrogens is 5. The van der Waals surface area contributed by atoms with Crippen LogP contribution < -0.4 is 14.5 Å². The fourth-order valence-corrected chi connectivity index (χ4v) is 5.46. The van der Waals surface area contributed by atoms with Crippen LogP contribution in [0.4, 0.5) is 11.5 Å². The second-order valence-electron chi connectivity index (χ2n) is 9.59. The van der Waals surface area contributed by atoms with Crippen molar-refractivity contribution in [2.75, 3.05) is 43.1 Å². The van der Waals surface area contributed by atoms with E-state index in [1.165, 1.54) is 16.8 Å². The summed E-state index contributed by atoms with van der Waals surface area (Å²) in [7, 11) is 1.59. The van der Waals surface area contributed by atoms with Gasteiger partial charge in [-0.25, -0.2) is 15.0 Å². The molecule has 10 nitrogen and oxygen atoms in total. The number of nitrogens with zero attached hydrogens (tertiary/aromatic N) is 8. The highest BCUT2D eigenvalue weighted by molar-refractivity contribution is 5.79. The van der Waals surface area contributed by atoms with Crippen molar-refractivity contribution in [3.05, 3.63) is 66.2 Å². The van der Waals surface area contributed by atoms with Crippen molar-refractivity contribution in [2.24, 2.45) is 0 Å². The van der Waals surface area contributed by atoms with Crippen molar-refractivity contribution < 1.29 is 9.53 Å². The molecule has 1 aromatic carbocycles. The quantitative estimate of drug-likeness (QED) is 0.415. The van der Waals surface area contributed by atoms with Gasteiger partial charge >= 0.3 is 6.01 Å². The van der Waals surface area contributed by atoms with Crippen LogP contribution in [0.15, 0.2) is 55.1 Å². The van der Waals surface area contributed by atoms with Crippen molar-refractivity contribution in [1.29, 1.82) is 0 Å². The van der Waals surface area contributed by atoms with Gasteiger partial charge in [0.1, 0.15) is 17.9 Å². The molecular weight excluding hydrogens is 468 g/mol. The van der Waals surface area contributed by atoms with E-state index in [4.69, 9.17) is 4.74 Å². The van der Waals surface area contributed by atoms with Gasteiger partial charge in [0.25, 0.3) is 0 Å². The number of hydrogen-bond donors (Lipinski definition) is 0. The van der Waals surface area contributed by atoms with E-state index in [9.17, 15) is 4.79 Å². The van der Waals surface area contributed by atoms with Gasteiger partial charge in [0.15, 0.2) is 5.65 Å². The lowest BCUT2D eigenvalue weighted by molar-refractivity contribution is -0.134. The van der Waals surface area contributed by atoms with Crippen LogP contribution in [-0.2, 0) is 24.3 Å². The summed E-state index contributed by atoms with van der Waals surface area (Å²) in [5.74, 6) is 0.966. The second-order valence-corrected chi connectivity index (χ2v) is 9.59. The Bertz CT molecular complexity index is 1440. The maximum atomic E-state index is 13.2. The van der Waals surface area contributed by atoms with Crippen LogP contribution in [0.1, 0.15) is 18.1 Å². The maximum absolute atomic E-state index is 13.2. The Balaban J connectivity index is 1.17. The minimum Gasteiger partial charge on any atom is -0.467 e. The number of methoxy groups -OCH3 is 1. The Hall–Kier alpha value is -4.21. The number of imidazole rings is 1. The summed E-state index contributed by atoms with van der Waals surface area (Å²) in [5, 5.41) is 0. The third kappa shape index (κ3) is 4.43. The highest BCUT2D eigenvalue weighted by Gasteiger charge is 2.30. The highest BCUT2D eigenvalue weighted by atomic mass is 16.5. The maximum Gasteiger partial charge on any atom is 0.318 e. The third-order valence-corrected chi connectivity index (χ3v) is 7.34. The molecule has 4 aromatic rings. The largest absolute Gasteiger partial charge is 0.467 e. The average Bonchev–Trinajstić information content (AvgIpc) is 3.35. The van der Waals surface area contributed by atoms with Crippen LogP contribution in [0, 0.1) is 0 Å². The number of hydrogen-bond acceptors (Lipinski definition) is 8. The fraction of sp³-hybridized carbons (Fsp3) is 0.370. The molecule has 1 fully saturated rings. The first-order valence-electron chi connectivity index (χ1n) is 12.6. The Morgan fingerprint density at radius 3 is 2.81 bits per heavy atom. The van der Waals surface area contributed by atoms with Gasteiger partial charge in [-0.05, 0) is 48.7 Å². The highest BCUT2D eigenvalue weighted by Crippen LogP contribution is 2.32. The standard InChI is InChI=1S/C27H30N8O2/c1-19-15-32(13-14-35(19)25(36)17-34-18-30-22-6-4-10-28-26(22)34)23-7-3-5-20-9-12-33(16-21(20)23)24-8-11-29-27(31-24)37-2/h3-8,10-11,18-19H,9,12-17H2,1-2H3/t19-/m1/s1. The summed E-state index contributed by atoms with van der Waals surface area (Å²) < 4.78 is 7.07. The zero-order valence-electron chi connectivity index (χ0n) is 21.1. The van der Waals surface area contributed by atoms with Crippen molar-refractivity contribution in [1.82, 2.24) is 29.4 Å². The molecule has 0 radical (unpaired) electrons. The number of rotatable bonds is 5. The Kier molecular flexibility index (Phi) is 6.07. The molecule has 1 atom stereocenters. The van der Waals surface area contributed by atoms with Crippen molar-refractivity contribution in [2.45, 2.75) is 32.5 Å². The van der Waals surface area contributed by atoms with E-state index >= 15 is 0 Å². The number of anilines is 2. The zero-order valence-corrected chi connectivity index (χ0v) is 21.1. The number of ether oxygens (including phenoxy) is 1. The first-order chi connectivity index (χ1) is 18.1. The number of piperazine rings is 1. The predicted octanol–water partition coefficient (Wildman–Crippen LogP) is 2.53. The number of carbonyl (C=O) groups is 1. The van der Waals surface area contributed by atoms with E-state index in [0.29, 0.717) is 12.6 Å². The number of amides is 1. The van der Waals surface area contributed by atoms with E-state index in [2.05, 4.69) is 54.9 Å². The van der Waals surface area contributed by atoms with E-state index in [1.807, 2.05) is 27.7 Å². The normalized spacial score (nSPS) is 17.7. The molecule has 5 heterocycles. The van der Waals surface area contributed by atoms with Gasteiger partial charge in [0.2, 0.25) is 5.91 Å². The van der Waals surface area contributed by atoms with Crippen LogP contribution in [-0.4, -0.2) is 74.6 Å². The molecule has 0 aliphatic carbocycles. The SMILES string of the molecule is COc1nccc(N2CCc3cccc(N4CCN(C(=O)Cn5cnc6cccnc65)[C@H](C)C4)c3C2)n1. The number of pyridine rings is 1. The molecule has 1 saturated heterocycles. The summed E-state index contributed by atoms with van der Waals surface area (Å²) in [6, 6.07) is 12.7.